The van der Waals surface area contributed by atoms with Gasteiger partial charge in [-0.2, -0.15) is 0 Å². The molecule has 0 fully saturated rings. The minimum Gasteiger partial charge on any atom is -0.423 e. The Morgan fingerprint density at radius 1 is 0.885 bits per heavy atom. The summed E-state index contributed by atoms with van der Waals surface area (Å²) >= 11 is 0. The lowest BCUT2D eigenvalue weighted by molar-refractivity contribution is -0.134. The summed E-state index contributed by atoms with van der Waals surface area (Å²) in [5.41, 5.74) is 2.26. The number of carbonyl (C=O) groups is 2. The van der Waals surface area contributed by atoms with Gasteiger partial charge in [0.1, 0.15) is 11.5 Å². The Hall–Kier alpha value is -3.40. The average Bonchev–Trinajstić information content (AvgIpc) is 2.61. The SMILES string of the molecule is C=C/C(=C\C=C(/C=C)c1ccc(OC(=O)C(=C)C)cc1)OC(=O)C(=C)C. The normalized spacial score (nSPS) is 11.3. The quantitative estimate of drug-likeness (QED) is 0.219. The van der Waals surface area contributed by atoms with Crippen molar-refractivity contribution in [2.45, 2.75) is 13.8 Å². The van der Waals surface area contributed by atoms with Gasteiger partial charge in [-0.05, 0) is 49.3 Å². The van der Waals surface area contributed by atoms with E-state index in [0.717, 1.165) is 11.1 Å². The molecule has 134 valence electrons. The van der Waals surface area contributed by atoms with Crippen molar-refractivity contribution in [3.05, 3.63) is 97.4 Å². The summed E-state index contributed by atoms with van der Waals surface area (Å²) in [5.74, 6) is -0.282. The van der Waals surface area contributed by atoms with Crippen molar-refractivity contribution in [3.8, 4) is 5.75 Å². The summed E-state index contributed by atoms with van der Waals surface area (Å²) in [6, 6.07) is 6.92. The zero-order chi connectivity index (χ0) is 19.7. The molecule has 0 unspecified atom stereocenters. The number of rotatable bonds is 8. The highest BCUT2D eigenvalue weighted by Crippen LogP contribution is 2.21. The van der Waals surface area contributed by atoms with Crippen LogP contribution in [0.1, 0.15) is 19.4 Å². The second-order valence-electron chi connectivity index (χ2n) is 5.46. The van der Waals surface area contributed by atoms with E-state index < -0.39 is 11.9 Å². The van der Waals surface area contributed by atoms with Gasteiger partial charge in [-0.25, -0.2) is 9.59 Å². The van der Waals surface area contributed by atoms with Crippen LogP contribution in [0.5, 0.6) is 5.75 Å². The van der Waals surface area contributed by atoms with Crippen LogP contribution in [0.2, 0.25) is 0 Å². The van der Waals surface area contributed by atoms with Crippen molar-refractivity contribution in [1.82, 2.24) is 0 Å². The Bertz CT molecular complexity index is 805. The third-order valence-electron chi connectivity index (χ3n) is 3.15. The second-order valence-corrected chi connectivity index (χ2v) is 5.46. The van der Waals surface area contributed by atoms with Crippen LogP contribution < -0.4 is 4.74 Å². The maximum atomic E-state index is 11.6. The van der Waals surface area contributed by atoms with Crippen LogP contribution in [0.3, 0.4) is 0 Å². The van der Waals surface area contributed by atoms with Crippen LogP contribution >= 0.6 is 0 Å². The van der Waals surface area contributed by atoms with E-state index in [1.807, 2.05) is 0 Å². The Kier molecular flexibility index (Phi) is 7.77. The molecule has 4 nitrogen and oxygen atoms in total. The fourth-order valence-electron chi connectivity index (χ4n) is 1.70. The molecule has 0 bridgehead atoms. The molecule has 26 heavy (non-hydrogen) atoms. The molecule has 0 saturated carbocycles. The molecule has 0 heterocycles. The molecular formula is C22H22O4. The lowest BCUT2D eigenvalue weighted by atomic mass is 10.1. The molecule has 1 rings (SSSR count). The maximum absolute atomic E-state index is 11.6. The summed E-state index contributed by atoms with van der Waals surface area (Å²) in [5, 5.41) is 0. The average molecular weight is 350 g/mol. The number of benzene rings is 1. The van der Waals surface area contributed by atoms with Crippen LogP contribution in [0.4, 0.5) is 0 Å². The summed E-state index contributed by atoms with van der Waals surface area (Å²) in [6.07, 6.45) is 6.44. The number of allylic oxidation sites excluding steroid dienone is 5. The largest absolute Gasteiger partial charge is 0.423 e. The minimum absolute atomic E-state index is 0.296. The molecule has 0 saturated heterocycles. The Morgan fingerprint density at radius 2 is 1.46 bits per heavy atom. The first kappa shape index (κ1) is 20.6. The smallest absolute Gasteiger partial charge is 0.338 e. The monoisotopic (exact) mass is 350 g/mol. The van der Waals surface area contributed by atoms with Crippen molar-refractivity contribution >= 4 is 17.5 Å². The van der Waals surface area contributed by atoms with Gasteiger partial charge in [-0.15, -0.1) is 0 Å². The molecule has 0 spiro atoms. The van der Waals surface area contributed by atoms with E-state index in [9.17, 15) is 9.59 Å². The third kappa shape index (κ3) is 6.24. The molecule has 0 aromatic heterocycles. The molecule has 0 aliphatic rings. The van der Waals surface area contributed by atoms with E-state index in [1.54, 1.807) is 56.3 Å². The molecule has 0 atom stereocenters. The number of ether oxygens (including phenoxy) is 2. The van der Waals surface area contributed by atoms with Crippen LogP contribution in [0, 0.1) is 0 Å². The number of esters is 2. The number of hydrogen-bond acceptors (Lipinski definition) is 4. The standard InChI is InChI=1S/C22H22O4/c1-7-17(9-12-19(8-2)25-21(23)15(3)4)18-10-13-20(14-11-18)26-22(24)16(5)6/h7-14H,1-3,5H2,4,6H3/b17-9+,19-12+. The summed E-state index contributed by atoms with van der Waals surface area (Å²) in [7, 11) is 0. The van der Waals surface area contributed by atoms with Crippen LogP contribution in [0.25, 0.3) is 5.57 Å². The Labute approximate surface area is 154 Å². The van der Waals surface area contributed by atoms with Gasteiger partial charge >= 0.3 is 11.9 Å². The van der Waals surface area contributed by atoms with Gasteiger partial charge in [0.2, 0.25) is 0 Å². The van der Waals surface area contributed by atoms with Gasteiger partial charge in [0, 0.05) is 11.1 Å². The molecule has 0 N–H and O–H groups in total. The fourth-order valence-corrected chi connectivity index (χ4v) is 1.70. The topological polar surface area (TPSA) is 52.6 Å². The number of hydrogen-bond donors (Lipinski definition) is 0. The third-order valence-corrected chi connectivity index (χ3v) is 3.15. The molecule has 4 heteroatoms. The molecular weight excluding hydrogens is 328 g/mol. The van der Waals surface area contributed by atoms with Gasteiger partial charge in [0.25, 0.3) is 0 Å². The van der Waals surface area contributed by atoms with Crippen molar-refractivity contribution < 1.29 is 19.1 Å². The van der Waals surface area contributed by atoms with Crippen LogP contribution in [0.15, 0.2) is 91.8 Å². The minimum atomic E-state index is -0.520. The fraction of sp³-hybridized carbons (Fsp3) is 0.0909. The van der Waals surface area contributed by atoms with Crippen molar-refractivity contribution in [1.29, 1.82) is 0 Å². The summed E-state index contributed by atoms with van der Waals surface area (Å²) in [6.45, 7) is 17.6. The van der Waals surface area contributed by atoms with Gasteiger partial charge < -0.3 is 9.47 Å². The highest BCUT2D eigenvalue weighted by atomic mass is 16.5. The zero-order valence-electron chi connectivity index (χ0n) is 15.1. The van der Waals surface area contributed by atoms with Gasteiger partial charge in [-0.3, -0.25) is 0 Å². The van der Waals surface area contributed by atoms with Crippen molar-refractivity contribution in [3.63, 3.8) is 0 Å². The van der Waals surface area contributed by atoms with Crippen LogP contribution in [-0.2, 0) is 14.3 Å². The van der Waals surface area contributed by atoms with E-state index >= 15 is 0 Å². The van der Waals surface area contributed by atoms with E-state index in [1.165, 1.54) is 6.08 Å². The van der Waals surface area contributed by atoms with Gasteiger partial charge in [0.15, 0.2) is 0 Å². The van der Waals surface area contributed by atoms with E-state index in [-0.39, 0.29) is 0 Å². The van der Waals surface area contributed by atoms with Crippen molar-refractivity contribution in [2.24, 2.45) is 0 Å². The second kappa shape index (κ2) is 9.79. The van der Waals surface area contributed by atoms with Crippen LogP contribution in [-0.4, -0.2) is 11.9 Å². The van der Waals surface area contributed by atoms with E-state index in [2.05, 4.69) is 26.3 Å². The highest BCUT2D eigenvalue weighted by molar-refractivity contribution is 5.89. The first-order valence-electron chi connectivity index (χ1n) is 7.81. The van der Waals surface area contributed by atoms with Gasteiger partial charge in [-0.1, -0.05) is 50.6 Å². The Balaban J connectivity index is 2.99. The van der Waals surface area contributed by atoms with E-state index in [4.69, 9.17) is 9.47 Å². The predicted octanol–water partition coefficient (Wildman–Crippen LogP) is 4.93. The van der Waals surface area contributed by atoms with E-state index in [0.29, 0.717) is 22.7 Å². The van der Waals surface area contributed by atoms with Gasteiger partial charge in [0.05, 0.1) is 0 Å². The predicted molar refractivity (Wildman–Crippen MR) is 104 cm³/mol. The highest BCUT2D eigenvalue weighted by Gasteiger charge is 2.07. The molecule has 0 amide bonds. The van der Waals surface area contributed by atoms with Crippen molar-refractivity contribution in [2.75, 3.05) is 0 Å². The zero-order valence-corrected chi connectivity index (χ0v) is 15.1. The lowest BCUT2D eigenvalue weighted by Crippen LogP contribution is -2.07. The molecule has 0 radical (unpaired) electrons. The lowest BCUT2D eigenvalue weighted by Gasteiger charge is -2.06. The summed E-state index contributed by atoms with van der Waals surface area (Å²) in [4.78, 5) is 23.1. The Morgan fingerprint density at radius 3 is 1.92 bits per heavy atom. The maximum Gasteiger partial charge on any atom is 0.338 e. The molecule has 1 aromatic rings. The molecule has 0 aliphatic carbocycles. The molecule has 1 aromatic carbocycles. The molecule has 0 aliphatic heterocycles. The first-order valence-corrected chi connectivity index (χ1v) is 7.81. The number of carbonyl (C=O) groups excluding carboxylic acids is 2. The first-order chi connectivity index (χ1) is 12.3. The summed E-state index contributed by atoms with van der Waals surface area (Å²) < 4.78 is 10.3.